The zero-order valence-electron chi connectivity index (χ0n) is 11.8. The minimum Gasteiger partial charge on any atom is -0.490 e. The molecular weight excluding hydrogens is 268 g/mol. The molecule has 1 atom stereocenters. The number of thiophene rings is 1. The summed E-state index contributed by atoms with van der Waals surface area (Å²) in [5.74, 6) is 6.70. The van der Waals surface area contributed by atoms with E-state index in [4.69, 9.17) is 10.6 Å². The number of hydrogen-bond acceptors (Lipinski definition) is 4. The summed E-state index contributed by atoms with van der Waals surface area (Å²) in [6, 6.07) is 10.5. The molecular formula is C16H20N2OS. The van der Waals surface area contributed by atoms with E-state index in [1.54, 1.807) is 11.3 Å². The van der Waals surface area contributed by atoms with Gasteiger partial charge in [-0.3, -0.25) is 5.84 Å². The summed E-state index contributed by atoms with van der Waals surface area (Å²) < 4.78 is 5.77. The van der Waals surface area contributed by atoms with E-state index in [0.29, 0.717) is 6.10 Å². The highest BCUT2D eigenvalue weighted by molar-refractivity contribution is 7.12. The van der Waals surface area contributed by atoms with Crippen molar-refractivity contribution in [3.8, 4) is 5.75 Å². The molecule has 4 heteroatoms. The third kappa shape index (κ3) is 2.87. The van der Waals surface area contributed by atoms with Crippen molar-refractivity contribution in [3.63, 3.8) is 0 Å². The van der Waals surface area contributed by atoms with E-state index in [0.717, 1.165) is 11.3 Å². The second-order valence-electron chi connectivity index (χ2n) is 5.37. The van der Waals surface area contributed by atoms with Crippen molar-refractivity contribution < 1.29 is 4.74 Å². The van der Waals surface area contributed by atoms with Gasteiger partial charge in [-0.15, -0.1) is 11.3 Å². The Morgan fingerprint density at radius 3 is 2.45 bits per heavy atom. The number of rotatable bonds is 5. The molecule has 3 nitrogen and oxygen atoms in total. The van der Waals surface area contributed by atoms with Gasteiger partial charge in [0.2, 0.25) is 0 Å². The molecule has 1 aliphatic rings. The third-order valence-corrected chi connectivity index (χ3v) is 4.89. The summed E-state index contributed by atoms with van der Waals surface area (Å²) >= 11 is 1.79. The van der Waals surface area contributed by atoms with Gasteiger partial charge < -0.3 is 4.74 Å². The molecule has 0 radical (unpaired) electrons. The predicted molar refractivity (Wildman–Crippen MR) is 83.1 cm³/mol. The highest BCUT2D eigenvalue weighted by Crippen LogP contribution is 2.32. The van der Waals surface area contributed by atoms with E-state index in [1.807, 2.05) is 12.1 Å². The van der Waals surface area contributed by atoms with Gasteiger partial charge in [-0.05, 0) is 56.0 Å². The lowest BCUT2D eigenvalue weighted by atomic mass is 10.1. The normalized spacial score (nSPS) is 16.1. The maximum absolute atomic E-state index is 5.77. The zero-order valence-corrected chi connectivity index (χ0v) is 12.7. The Hall–Kier alpha value is -1.36. The van der Waals surface area contributed by atoms with Crippen molar-refractivity contribution in [2.45, 2.75) is 38.8 Å². The van der Waals surface area contributed by atoms with E-state index in [1.165, 1.54) is 28.2 Å². The number of hydrogen-bond donors (Lipinski definition) is 2. The molecule has 0 saturated heterocycles. The fourth-order valence-corrected chi connectivity index (χ4v) is 3.33. The fraction of sp³-hybridized carbons (Fsp3) is 0.375. The lowest BCUT2D eigenvalue weighted by Gasteiger charge is -2.15. The van der Waals surface area contributed by atoms with Gasteiger partial charge in [-0.2, -0.15) is 0 Å². The smallest absolute Gasteiger partial charge is 0.119 e. The first-order valence-corrected chi connectivity index (χ1v) is 7.78. The van der Waals surface area contributed by atoms with E-state index in [9.17, 15) is 0 Å². The molecule has 20 heavy (non-hydrogen) atoms. The van der Waals surface area contributed by atoms with Crippen LogP contribution in [0.1, 0.15) is 39.8 Å². The Balaban J connectivity index is 1.80. The maximum Gasteiger partial charge on any atom is 0.119 e. The predicted octanol–water partition coefficient (Wildman–Crippen LogP) is 3.46. The molecule has 0 bridgehead atoms. The Morgan fingerprint density at radius 1 is 1.25 bits per heavy atom. The van der Waals surface area contributed by atoms with Crippen molar-refractivity contribution in [2.24, 2.45) is 5.84 Å². The number of ether oxygens (including phenoxy) is 1. The van der Waals surface area contributed by atoms with Crippen molar-refractivity contribution in [1.82, 2.24) is 5.43 Å². The van der Waals surface area contributed by atoms with E-state index in [2.05, 4.69) is 37.5 Å². The SMILES string of the molecule is Cc1cc(C(NN)c2ccc(OC3CC3)cc2)sc1C. The van der Waals surface area contributed by atoms with Crippen LogP contribution in [0, 0.1) is 13.8 Å². The second kappa shape index (κ2) is 5.56. The molecule has 1 aromatic carbocycles. The lowest BCUT2D eigenvalue weighted by molar-refractivity contribution is 0.303. The molecule has 0 aliphatic heterocycles. The molecule has 2 aromatic rings. The van der Waals surface area contributed by atoms with Crippen molar-refractivity contribution in [1.29, 1.82) is 0 Å². The van der Waals surface area contributed by atoms with Crippen LogP contribution in [0.25, 0.3) is 0 Å². The van der Waals surface area contributed by atoms with Crippen molar-refractivity contribution >= 4 is 11.3 Å². The number of hydrazine groups is 1. The average molecular weight is 288 g/mol. The molecule has 1 fully saturated rings. The van der Waals surface area contributed by atoms with Crippen LogP contribution in [0.5, 0.6) is 5.75 Å². The minimum atomic E-state index is 0.0439. The highest BCUT2D eigenvalue weighted by Gasteiger charge is 2.23. The summed E-state index contributed by atoms with van der Waals surface area (Å²) in [5, 5.41) is 0. The molecule has 1 unspecified atom stereocenters. The lowest BCUT2D eigenvalue weighted by Crippen LogP contribution is -2.28. The van der Waals surface area contributed by atoms with Crippen molar-refractivity contribution in [3.05, 3.63) is 51.2 Å². The van der Waals surface area contributed by atoms with Gasteiger partial charge >= 0.3 is 0 Å². The molecule has 1 aromatic heterocycles. The quantitative estimate of drug-likeness (QED) is 0.654. The average Bonchev–Trinajstić information content (AvgIpc) is 3.19. The second-order valence-corrected chi connectivity index (χ2v) is 6.66. The highest BCUT2D eigenvalue weighted by atomic mass is 32.1. The van der Waals surface area contributed by atoms with Gasteiger partial charge in [0.05, 0.1) is 12.1 Å². The van der Waals surface area contributed by atoms with Gasteiger partial charge in [0.25, 0.3) is 0 Å². The largest absolute Gasteiger partial charge is 0.490 e. The van der Waals surface area contributed by atoms with Crippen LogP contribution >= 0.6 is 11.3 Å². The number of nitrogens with one attached hydrogen (secondary N) is 1. The molecule has 1 heterocycles. The molecule has 106 valence electrons. The molecule has 0 spiro atoms. The van der Waals surface area contributed by atoms with Crippen LogP contribution in [0.15, 0.2) is 30.3 Å². The van der Waals surface area contributed by atoms with Gasteiger partial charge in [0, 0.05) is 9.75 Å². The maximum atomic E-state index is 5.77. The van der Waals surface area contributed by atoms with Crippen LogP contribution in [-0.4, -0.2) is 6.10 Å². The van der Waals surface area contributed by atoms with Crippen LogP contribution in [0.2, 0.25) is 0 Å². The number of aryl methyl sites for hydroxylation is 2. The Bertz CT molecular complexity index is 568. The first kappa shape index (κ1) is 13.6. The topological polar surface area (TPSA) is 47.3 Å². The van der Waals surface area contributed by atoms with Crippen LogP contribution in [-0.2, 0) is 0 Å². The minimum absolute atomic E-state index is 0.0439. The van der Waals surface area contributed by atoms with Gasteiger partial charge in [-0.25, -0.2) is 5.43 Å². The number of nitrogens with two attached hydrogens (primary N) is 1. The van der Waals surface area contributed by atoms with E-state index >= 15 is 0 Å². The summed E-state index contributed by atoms with van der Waals surface area (Å²) in [4.78, 5) is 2.59. The van der Waals surface area contributed by atoms with E-state index < -0.39 is 0 Å². The van der Waals surface area contributed by atoms with Crippen molar-refractivity contribution in [2.75, 3.05) is 0 Å². The summed E-state index contributed by atoms with van der Waals surface area (Å²) in [6.07, 6.45) is 2.80. The Morgan fingerprint density at radius 2 is 1.95 bits per heavy atom. The standard InChI is InChI=1S/C16H20N2OS/c1-10-9-15(20-11(10)2)16(18-17)12-3-5-13(6-4-12)19-14-7-8-14/h3-6,9,14,16,18H,7-8,17H2,1-2H3. The molecule has 0 amide bonds. The molecule has 1 saturated carbocycles. The molecule has 3 N–H and O–H groups in total. The fourth-order valence-electron chi connectivity index (χ4n) is 2.20. The van der Waals surface area contributed by atoms with Gasteiger partial charge in [-0.1, -0.05) is 12.1 Å². The summed E-state index contributed by atoms with van der Waals surface area (Å²) in [7, 11) is 0. The Kier molecular flexibility index (Phi) is 3.78. The summed E-state index contributed by atoms with van der Waals surface area (Å²) in [6.45, 7) is 4.28. The van der Waals surface area contributed by atoms with Crippen LogP contribution in [0.3, 0.4) is 0 Å². The van der Waals surface area contributed by atoms with Crippen LogP contribution in [0.4, 0.5) is 0 Å². The summed E-state index contributed by atoms with van der Waals surface area (Å²) in [5.41, 5.74) is 5.40. The van der Waals surface area contributed by atoms with E-state index in [-0.39, 0.29) is 6.04 Å². The molecule has 3 rings (SSSR count). The third-order valence-electron chi connectivity index (χ3n) is 3.68. The zero-order chi connectivity index (χ0) is 14.1. The first-order valence-electron chi connectivity index (χ1n) is 6.97. The number of benzene rings is 1. The van der Waals surface area contributed by atoms with Gasteiger partial charge in [0.1, 0.15) is 5.75 Å². The van der Waals surface area contributed by atoms with Gasteiger partial charge in [0.15, 0.2) is 0 Å². The molecule has 1 aliphatic carbocycles. The van der Waals surface area contributed by atoms with Crippen LogP contribution < -0.4 is 16.0 Å². The Labute approximate surface area is 123 Å². The monoisotopic (exact) mass is 288 g/mol. The first-order chi connectivity index (χ1) is 9.67.